The summed E-state index contributed by atoms with van der Waals surface area (Å²) in [5.74, 6) is 0.766. The number of aromatic nitrogens is 2. The predicted molar refractivity (Wildman–Crippen MR) is 72.6 cm³/mol. The molecule has 1 atom stereocenters. The number of hydrogen-bond acceptors (Lipinski definition) is 3. The van der Waals surface area contributed by atoms with Crippen LogP contribution in [0, 0.1) is 5.92 Å². The molecule has 106 valence electrons. The van der Waals surface area contributed by atoms with E-state index in [1.165, 1.54) is 6.42 Å². The number of likely N-dealkylation sites (tertiary alicyclic amines) is 1. The van der Waals surface area contributed by atoms with Crippen molar-refractivity contribution >= 4 is 5.91 Å². The topological polar surface area (TPSA) is 47.4 Å². The molecule has 1 aromatic rings. The van der Waals surface area contributed by atoms with Gasteiger partial charge in [0.25, 0.3) is 0 Å². The van der Waals surface area contributed by atoms with E-state index in [0.29, 0.717) is 25.6 Å². The Kier molecular flexibility index (Phi) is 5.39. The Morgan fingerprint density at radius 3 is 3.16 bits per heavy atom. The number of nitrogens with zero attached hydrogens (tertiary/aromatic N) is 3. The van der Waals surface area contributed by atoms with Crippen molar-refractivity contribution in [2.75, 3.05) is 26.3 Å². The molecule has 1 amide bonds. The number of imidazole rings is 1. The van der Waals surface area contributed by atoms with Crippen molar-refractivity contribution in [1.29, 1.82) is 0 Å². The fourth-order valence-electron chi connectivity index (χ4n) is 2.60. The van der Waals surface area contributed by atoms with Gasteiger partial charge >= 0.3 is 0 Å². The van der Waals surface area contributed by atoms with Crippen molar-refractivity contribution in [3.8, 4) is 0 Å². The molecule has 0 aliphatic carbocycles. The van der Waals surface area contributed by atoms with Gasteiger partial charge in [-0.1, -0.05) is 0 Å². The second-order valence-corrected chi connectivity index (χ2v) is 5.05. The van der Waals surface area contributed by atoms with Crippen molar-refractivity contribution < 1.29 is 9.53 Å². The summed E-state index contributed by atoms with van der Waals surface area (Å²) in [6.07, 6.45) is 8.42. The van der Waals surface area contributed by atoms with Crippen LogP contribution >= 0.6 is 0 Å². The van der Waals surface area contributed by atoms with E-state index in [1.54, 1.807) is 6.20 Å². The van der Waals surface area contributed by atoms with Gasteiger partial charge in [0.2, 0.25) is 5.91 Å². The maximum absolute atomic E-state index is 12.0. The molecule has 1 fully saturated rings. The Bertz CT molecular complexity index is 378. The number of ether oxygens (including phenoxy) is 1. The second kappa shape index (κ2) is 7.28. The van der Waals surface area contributed by atoms with Gasteiger partial charge in [0.05, 0.1) is 19.4 Å². The molecular formula is C14H23N3O2. The van der Waals surface area contributed by atoms with Gasteiger partial charge < -0.3 is 14.2 Å². The lowest BCUT2D eigenvalue weighted by Gasteiger charge is -2.33. The van der Waals surface area contributed by atoms with Gasteiger partial charge in [0.1, 0.15) is 0 Å². The zero-order chi connectivity index (χ0) is 13.5. The molecule has 0 N–H and O–H groups in total. The largest absolute Gasteiger partial charge is 0.381 e. The summed E-state index contributed by atoms with van der Waals surface area (Å²) in [5.41, 5.74) is 0. The summed E-state index contributed by atoms with van der Waals surface area (Å²) >= 11 is 0. The molecule has 0 unspecified atom stereocenters. The summed E-state index contributed by atoms with van der Waals surface area (Å²) in [4.78, 5) is 18.1. The monoisotopic (exact) mass is 265 g/mol. The van der Waals surface area contributed by atoms with Crippen LogP contribution in [-0.2, 0) is 16.1 Å². The minimum absolute atomic E-state index is 0.226. The summed E-state index contributed by atoms with van der Waals surface area (Å²) < 4.78 is 7.34. The Labute approximate surface area is 114 Å². The first kappa shape index (κ1) is 14.1. The maximum atomic E-state index is 12.0. The highest BCUT2D eigenvalue weighted by Gasteiger charge is 2.23. The zero-order valence-corrected chi connectivity index (χ0v) is 11.6. The molecule has 0 bridgehead atoms. The van der Waals surface area contributed by atoms with E-state index in [2.05, 4.69) is 9.55 Å². The number of carbonyl (C=O) groups is 1. The first-order valence-corrected chi connectivity index (χ1v) is 7.11. The van der Waals surface area contributed by atoms with Crippen LogP contribution in [-0.4, -0.2) is 46.7 Å². The van der Waals surface area contributed by atoms with E-state index < -0.39 is 0 Å². The van der Waals surface area contributed by atoms with Crippen LogP contribution in [0.15, 0.2) is 18.7 Å². The van der Waals surface area contributed by atoms with Crippen LogP contribution in [0.2, 0.25) is 0 Å². The molecule has 0 radical (unpaired) electrons. The van der Waals surface area contributed by atoms with Crippen molar-refractivity contribution in [2.24, 2.45) is 5.92 Å². The Hall–Kier alpha value is -1.36. The summed E-state index contributed by atoms with van der Waals surface area (Å²) in [5, 5.41) is 0. The SMILES string of the molecule is CCOCCC(=O)N1CCC[C@H](Cn2ccnc2)C1. The van der Waals surface area contributed by atoms with E-state index in [9.17, 15) is 4.79 Å². The molecule has 1 aliphatic heterocycles. The minimum atomic E-state index is 0.226. The second-order valence-electron chi connectivity index (χ2n) is 5.05. The average Bonchev–Trinajstić information content (AvgIpc) is 2.92. The quantitative estimate of drug-likeness (QED) is 0.733. The van der Waals surface area contributed by atoms with Gasteiger partial charge in [-0.05, 0) is 25.7 Å². The minimum Gasteiger partial charge on any atom is -0.381 e. The number of piperidine rings is 1. The molecule has 19 heavy (non-hydrogen) atoms. The highest BCUT2D eigenvalue weighted by Crippen LogP contribution is 2.18. The number of hydrogen-bond donors (Lipinski definition) is 0. The van der Waals surface area contributed by atoms with E-state index >= 15 is 0 Å². The Balaban J connectivity index is 1.78. The van der Waals surface area contributed by atoms with Crippen molar-refractivity contribution in [2.45, 2.75) is 32.7 Å². The van der Waals surface area contributed by atoms with Crippen LogP contribution in [0.25, 0.3) is 0 Å². The van der Waals surface area contributed by atoms with Gasteiger partial charge in [-0.2, -0.15) is 0 Å². The van der Waals surface area contributed by atoms with Crippen molar-refractivity contribution in [3.63, 3.8) is 0 Å². The van der Waals surface area contributed by atoms with Crippen LogP contribution in [0.5, 0.6) is 0 Å². The van der Waals surface area contributed by atoms with Crippen LogP contribution in [0.1, 0.15) is 26.2 Å². The molecule has 5 heteroatoms. The summed E-state index contributed by atoms with van der Waals surface area (Å²) in [7, 11) is 0. The van der Waals surface area contributed by atoms with Crippen LogP contribution in [0.3, 0.4) is 0 Å². The van der Waals surface area contributed by atoms with E-state index in [0.717, 1.165) is 26.1 Å². The molecule has 2 rings (SSSR count). The highest BCUT2D eigenvalue weighted by atomic mass is 16.5. The van der Waals surface area contributed by atoms with Gasteiger partial charge in [-0.25, -0.2) is 4.98 Å². The van der Waals surface area contributed by atoms with Gasteiger partial charge in [0, 0.05) is 38.6 Å². The third kappa shape index (κ3) is 4.35. The third-order valence-electron chi connectivity index (χ3n) is 3.56. The molecule has 1 aromatic heterocycles. The fraction of sp³-hybridized carbons (Fsp3) is 0.714. The van der Waals surface area contributed by atoms with E-state index in [1.807, 2.05) is 24.3 Å². The van der Waals surface area contributed by atoms with Crippen LogP contribution in [0.4, 0.5) is 0 Å². The molecule has 0 spiro atoms. The number of rotatable bonds is 6. The standard InChI is InChI=1S/C14H23N3O2/c1-2-19-9-5-14(18)17-7-3-4-13(11-17)10-16-8-6-15-12-16/h6,8,12-13H,2-5,7,9-11H2,1H3/t13-/m1/s1. The van der Waals surface area contributed by atoms with Gasteiger partial charge in [-0.15, -0.1) is 0 Å². The van der Waals surface area contributed by atoms with Crippen LogP contribution < -0.4 is 0 Å². The number of carbonyl (C=O) groups excluding carboxylic acids is 1. The molecule has 1 aliphatic rings. The van der Waals surface area contributed by atoms with Crippen molar-refractivity contribution in [3.05, 3.63) is 18.7 Å². The third-order valence-corrected chi connectivity index (χ3v) is 3.56. The number of amides is 1. The van der Waals surface area contributed by atoms with Gasteiger partial charge in [0.15, 0.2) is 0 Å². The molecule has 0 aromatic carbocycles. The first-order chi connectivity index (χ1) is 9.29. The lowest BCUT2D eigenvalue weighted by atomic mass is 9.97. The molecule has 1 saturated heterocycles. The summed E-state index contributed by atoms with van der Waals surface area (Å²) in [6, 6.07) is 0. The van der Waals surface area contributed by atoms with E-state index in [4.69, 9.17) is 4.74 Å². The molecule has 5 nitrogen and oxygen atoms in total. The maximum Gasteiger partial charge on any atom is 0.224 e. The normalized spacial score (nSPS) is 19.6. The Morgan fingerprint density at radius 2 is 2.42 bits per heavy atom. The lowest BCUT2D eigenvalue weighted by molar-refractivity contribution is -0.134. The molecular weight excluding hydrogens is 242 g/mol. The molecule has 0 saturated carbocycles. The predicted octanol–water partition coefficient (Wildman–Crippen LogP) is 1.55. The van der Waals surface area contributed by atoms with Gasteiger partial charge in [-0.3, -0.25) is 4.79 Å². The zero-order valence-electron chi connectivity index (χ0n) is 11.6. The van der Waals surface area contributed by atoms with E-state index in [-0.39, 0.29) is 5.91 Å². The lowest BCUT2D eigenvalue weighted by Crippen LogP contribution is -2.41. The van der Waals surface area contributed by atoms with Crippen molar-refractivity contribution in [1.82, 2.24) is 14.5 Å². The Morgan fingerprint density at radius 1 is 1.53 bits per heavy atom. The molecule has 2 heterocycles. The average molecular weight is 265 g/mol. The highest BCUT2D eigenvalue weighted by molar-refractivity contribution is 5.76. The summed E-state index contributed by atoms with van der Waals surface area (Å²) in [6.45, 7) is 5.88. The smallest absolute Gasteiger partial charge is 0.224 e. The first-order valence-electron chi connectivity index (χ1n) is 7.11. The fourth-order valence-corrected chi connectivity index (χ4v) is 2.60.